The van der Waals surface area contributed by atoms with E-state index in [0.717, 1.165) is 30.5 Å². The second-order valence-corrected chi connectivity index (χ2v) is 5.50. The van der Waals surface area contributed by atoms with Crippen molar-refractivity contribution in [2.75, 3.05) is 5.88 Å². The maximum atomic E-state index is 12.0. The number of nitrogens with zero attached hydrogens (tertiary/aromatic N) is 1. The monoisotopic (exact) mass is 290 g/mol. The van der Waals surface area contributed by atoms with Crippen LogP contribution in [0.15, 0.2) is 40.1 Å². The molecular weight excluding hydrogens is 276 g/mol. The van der Waals surface area contributed by atoms with Gasteiger partial charge in [0.25, 0.3) is 5.91 Å². The van der Waals surface area contributed by atoms with Crippen molar-refractivity contribution in [3.8, 4) is 0 Å². The molecule has 0 fully saturated rings. The lowest BCUT2D eigenvalue weighted by Crippen LogP contribution is -2.35. The molecule has 5 heteroatoms. The smallest absolute Gasteiger partial charge is 0.251 e. The second kappa shape index (κ2) is 5.37. The lowest BCUT2D eigenvalue weighted by Gasteiger charge is -2.28. The van der Waals surface area contributed by atoms with Crippen LogP contribution in [0.4, 0.5) is 0 Å². The summed E-state index contributed by atoms with van der Waals surface area (Å²) in [5, 5.41) is 2.92. The number of amides is 2. The van der Waals surface area contributed by atoms with Gasteiger partial charge in [0.1, 0.15) is 0 Å². The highest BCUT2D eigenvalue weighted by molar-refractivity contribution is 6.19. The molecule has 0 radical (unpaired) electrons. The maximum Gasteiger partial charge on any atom is 0.251 e. The van der Waals surface area contributed by atoms with E-state index in [-0.39, 0.29) is 30.0 Å². The van der Waals surface area contributed by atoms with E-state index in [1.807, 2.05) is 12.2 Å². The number of hydrogen-bond donors (Lipinski definition) is 1. The first kappa shape index (κ1) is 13.3. The van der Waals surface area contributed by atoms with Gasteiger partial charge in [-0.2, -0.15) is 0 Å². The van der Waals surface area contributed by atoms with Gasteiger partial charge in [-0.25, -0.2) is 4.99 Å². The van der Waals surface area contributed by atoms with Gasteiger partial charge in [0.15, 0.2) is 0 Å². The van der Waals surface area contributed by atoms with Crippen LogP contribution in [0.3, 0.4) is 0 Å². The van der Waals surface area contributed by atoms with Gasteiger partial charge >= 0.3 is 0 Å². The normalized spacial score (nSPS) is 26.2. The molecular formula is C15H15ClN2O2. The highest BCUT2D eigenvalue weighted by Crippen LogP contribution is 2.39. The Kier molecular flexibility index (Phi) is 3.57. The third kappa shape index (κ3) is 2.36. The number of alkyl halides is 1. The van der Waals surface area contributed by atoms with Crippen molar-refractivity contribution in [2.45, 2.75) is 25.7 Å². The Balaban J connectivity index is 1.88. The molecule has 2 aliphatic carbocycles. The van der Waals surface area contributed by atoms with E-state index in [1.165, 1.54) is 5.57 Å². The standard InChI is InChI=1S/C15H15ClN2O2/c16-7-6-14(19)17-9-4-5-11-10-2-1-3-12(10)15(20)18-13(11)8-9/h4-5,8,11H,1-3,6-7H2,(H,18,20). The number of allylic oxidation sites excluding steroid dienone is 3. The zero-order valence-corrected chi connectivity index (χ0v) is 11.7. The lowest BCUT2D eigenvalue weighted by atomic mass is 9.85. The van der Waals surface area contributed by atoms with Crippen LogP contribution >= 0.6 is 11.6 Å². The first-order valence-corrected chi connectivity index (χ1v) is 7.33. The quantitative estimate of drug-likeness (QED) is 0.793. The topological polar surface area (TPSA) is 58.5 Å². The van der Waals surface area contributed by atoms with E-state index >= 15 is 0 Å². The number of nitrogens with one attached hydrogen (secondary N) is 1. The van der Waals surface area contributed by atoms with Crippen LogP contribution < -0.4 is 5.32 Å². The Morgan fingerprint density at radius 1 is 1.45 bits per heavy atom. The fraction of sp³-hybridized carbons (Fsp3) is 0.400. The van der Waals surface area contributed by atoms with Crippen molar-refractivity contribution in [1.82, 2.24) is 5.32 Å². The highest BCUT2D eigenvalue weighted by atomic mass is 35.5. The van der Waals surface area contributed by atoms with Crippen LogP contribution in [0.1, 0.15) is 25.7 Å². The van der Waals surface area contributed by atoms with Crippen LogP contribution in [-0.2, 0) is 9.59 Å². The SMILES string of the molecule is O=C(CCCl)N=C1C=CC2C(=C1)NC(=O)C1=C2CCC1. The average molecular weight is 291 g/mol. The van der Waals surface area contributed by atoms with E-state index in [0.29, 0.717) is 5.71 Å². The minimum atomic E-state index is -0.238. The summed E-state index contributed by atoms with van der Waals surface area (Å²) in [6.45, 7) is 0. The molecule has 20 heavy (non-hydrogen) atoms. The van der Waals surface area contributed by atoms with Gasteiger partial charge in [-0.15, -0.1) is 11.6 Å². The molecule has 4 nitrogen and oxygen atoms in total. The van der Waals surface area contributed by atoms with Crippen LogP contribution in [0, 0.1) is 5.92 Å². The molecule has 2 amide bonds. The summed E-state index contributed by atoms with van der Waals surface area (Å²) in [7, 11) is 0. The van der Waals surface area contributed by atoms with Crippen molar-refractivity contribution >= 4 is 29.1 Å². The van der Waals surface area contributed by atoms with Gasteiger partial charge in [0, 0.05) is 29.5 Å². The number of hydrogen-bond acceptors (Lipinski definition) is 2. The summed E-state index contributed by atoms with van der Waals surface area (Å²) >= 11 is 5.52. The maximum absolute atomic E-state index is 12.0. The summed E-state index contributed by atoms with van der Waals surface area (Å²) in [4.78, 5) is 27.5. The van der Waals surface area contributed by atoms with E-state index in [2.05, 4.69) is 10.3 Å². The Hall–Kier alpha value is -1.68. The Labute approximate surface area is 122 Å². The molecule has 1 aliphatic heterocycles. The third-order valence-corrected chi connectivity index (χ3v) is 4.02. The first-order valence-electron chi connectivity index (χ1n) is 6.79. The van der Waals surface area contributed by atoms with Gasteiger partial charge in [-0.05, 0) is 37.0 Å². The fourth-order valence-corrected chi connectivity index (χ4v) is 3.10. The molecule has 1 heterocycles. The number of fused-ring (bicyclic) bond motifs is 2. The predicted molar refractivity (Wildman–Crippen MR) is 77.5 cm³/mol. The number of carbonyl (C=O) groups is 2. The Morgan fingerprint density at radius 2 is 2.30 bits per heavy atom. The molecule has 0 aromatic rings. The fourth-order valence-electron chi connectivity index (χ4n) is 2.94. The van der Waals surface area contributed by atoms with Crippen LogP contribution in [0.2, 0.25) is 0 Å². The molecule has 3 rings (SSSR count). The molecule has 1 N–H and O–H groups in total. The average Bonchev–Trinajstić information content (AvgIpc) is 2.89. The highest BCUT2D eigenvalue weighted by Gasteiger charge is 2.34. The van der Waals surface area contributed by atoms with Crippen LogP contribution in [0.5, 0.6) is 0 Å². The number of halogens is 1. The molecule has 0 aromatic heterocycles. The van der Waals surface area contributed by atoms with E-state index in [9.17, 15) is 9.59 Å². The number of aliphatic imine (C=N–C) groups is 1. The van der Waals surface area contributed by atoms with Crippen molar-refractivity contribution in [1.29, 1.82) is 0 Å². The van der Waals surface area contributed by atoms with Gasteiger partial charge in [0.05, 0.1) is 5.71 Å². The van der Waals surface area contributed by atoms with Gasteiger partial charge in [-0.1, -0.05) is 6.08 Å². The van der Waals surface area contributed by atoms with Crippen LogP contribution in [0.25, 0.3) is 0 Å². The van der Waals surface area contributed by atoms with Crippen molar-refractivity contribution in [3.63, 3.8) is 0 Å². The largest absolute Gasteiger partial charge is 0.325 e. The molecule has 0 spiro atoms. The van der Waals surface area contributed by atoms with Gasteiger partial charge in [-0.3, -0.25) is 9.59 Å². The van der Waals surface area contributed by atoms with Crippen LogP contribution in [-0.4, -0.2) is 23.4 Å². The van der Waals surface area contributed by atoms with E-state index < -0.39 is 0 Å². The molecule has 0 saturated heterocycles. The molecule has 0 bridgehead atoms. The van der Waals surface area contributed by atoms with Crippen molar-refractivity contribution in [3.05, 3.63) is 35.1 Å². The van der Waals surface area contributed by atoms with Gasteiger partial charge < -0.3 is 5.32 Å². The lowest BCUT2D eigenvalue weighted by molar-refractivity contribution is -0.118. The molecule has 0 aromatic carbocycles. The Bertz CT molecular complexity index is 599. The summed E-state index contributed by atoms with van der Waals surface area (Å²) < 4.78 is 0. The van der Waals surface area contributed by atoms with E-state index in [1.54, 1.807) is 6.08 Å². The first-order chi connectivity index (χ1) is 9.69. The van der Waals surface area contributed by atoms with Gasteiger partial charge in [0.2, 0.25) is 5.91 Å². The number of rotatable bonds is 2. The van der Waals surface area contributed by atoms with Crippen molar-refractivity contribution in [2.24, 2.45) is 10.9 Å². The number of carbonyl (C=O) groups excluding carboxylic acids is 2. The molecule has 104 valence electrons. The van der Waals surface area contributed by atoms with Crippen molar-refractivity contribution < 1.29 is 9.59 Å². The predicted octanol–water partition coefficient (Wildman–Crippen LogP) is 2.26. The third-order valence-electron chi connectivity index (χ3n) is 3.83. The zero-order valence-electron chi connectivity index (χ0n) is 11.0. The molecule has 3 aliphatic rings. The molecule has 1 unspecified atom stereocenters. The Morgan fingerprint density at radius 3 is 3.10 bits per heavy atom. The second-order valence-electron chi connectivity index (χ2n) is 5.12. The van der Waals surface area contributed by atoms with E-state index in [4.69, 9.17) is 11.6 Å². The molecule has 0 saturated carbocycles. The summed E-state index contributed by atoms with van der Waals surface area (Å²) in [5.74, 6) is 0.178. The summed E-state index contributed by atoms with van der Waals surface area (Å²) in [6, 6.07) is 0. The summed E-state index contributed by atoms with van der Waals surface area (Å²) in [5.41, 5.74) is 3.57. The molecule has 1 atom stereocenters. The minimum Gasteiger partial charge on any atom is -0.325 e. The summed E-state index contributed by atoms with van der Waals surface area (Å²) in [6.07, 6.45) is 8.78. The minimum absolute atomic E-state index is 0.00161. The zero-order chi connectivity index (χ0) is 14.1.